The van der Waals surface area contributed by atoms with Crippen LogP contribution in [0.5, 0.6) is 0 Å². The van der Waals surface area contributed by atoms with Crippen LogP contribution in [0.4, 0.5) is 17.6 Å². The summed E-state index contributed by atoms with van der Waals surface area (Å²) in [6.45, 7) is 0.275. The molecule has 0 aliphatic carbocycles. The van der Waals surface area contributed by atoms with Crippen LogP contribution >= 0.6 is 11.3 Å². The molecule has 1 N–H and O–H groups in total. The number of hydrogen-bond donors (Lipinski definition) is 1. The van der Waals surface area contributed by atoms with Gasteiger partial charge in [-0.15, -0.1) is 11.3 Å². The Labute approximate surface area is 122 Å². The summed E-state index contributed by atoms with van der Waals surface area (Å²) in [4.78, 5) is 12.8. The van der Waals surface area contributed by atoms with E-state index in [1.165, 1.54) is 11.3 Å². The predicted molar refractivity (Wildman–Crippen MR) is 71.8 cm³/mol. The summed E-state index contributed by atoms with van der Waals surface area (Å²) < 4.78 is 50.8. The maximum Gasteiger partial charge on any atom is 0.416 e. The fourth-order valence-corrected chi connectivity index (χ4v) is 2.45. The fraction of sp³-hybridized carbons (Fsp3) is 0.214. The van der Waals surface area contributed by atoms with E-state index in [1.54, 1.807) is 0 Å². The number of benzene rings is 1. The average Bonchev–Trinajstić information content (AvgIpc) is 2.90. The lowest BCUT2D eigenvalue weighted by Crippen LogP contribution is -2.26. The molecule has 0 bridgehead atoms. The van der Waals surface area contributed by atoms with Crippen LogP contribution in [-0.2, 0) is 12.6 Å². The minimum absolute atomic E-state index is 0.275. The van der Waals surface area contributed by atoms with Crippen LogP contribution in [0.25, 0.3) is 0 Å². The van der Waals surface area contributed by atoms with Crippen molar-refractivity contribution in [2.75, 3.05) is 6.54 Å². The highest BCUT2D eigenvalue weighted by atomic mass is 32.1. The van der Waals surface area contributed by atoms with Gasteiger partial charge in [-0.3, -0.25) is 4.79 Å². The molecule has 0 atom stereocenters. The Kier molecular flexibility index (Phi) is 4.62. The molecule has 1 aromatic heterocycles. The molecule has 1 aromatic carbocycles. The molecule has 0 aliphatic heterocycles. The summed E-state index contributed by atoms with van der Waals surface area (Å²) >= 11 is 1.52. The molecule has 0 saturated carbocycles. The summed E-state index contributed by atoms with van der Waals surface area (Å²) in [6, 6.07) is 5.55. The van der Waals surface area contributed by atoms with Crippen molar-refractivity contribution in [1.82, 2.24) is 5.32 Å². The molecular weight excluding hydrogens is 306 g/mol. The van der Waals surface area contributed by atoms with Crippen molar-refractivity contribution in [2.45, 2.75) is 12.6 Å². The molecule has 1 heterocycles. The maximum absolute atomic E-state index is 13.2. The Balaban J connectivity index is 2.03. The summed E-state index contributed by atoms with van der Waals surface area (Å²) in [7, 11) is 0. The van der Waals surface area contributed by atoms with E-state index in [1.807, 2.05) is 17.5 Å². The monoisotopic (exact) mass is 317 g/mol. The van der Waals surface area contributed by atoms with E-state index in [4.69, 9.17) is 0 Å². The highest BCUT2D eigenvalue weighted by Crippen LogP contribution is 2.30. The van der Waals surface area contributed by atoms with Gasteiger partial charge in [0.1, 0.15) is 5.82 Å². The van der Waals surface area contributed by atoms with E-state index >= 15 is 0 Å². The van der Waals surface area contributed by atoms with Gasteiger partial charge in [-0.25, -0.2) is 4.39 Å². The van der Waals surface area contributed by atoms with E-state index in [-0.39, 0.29) is 12.1 Å². The van der Waals surface area contributed by atoms with Gasteiger partial charge in [-0.1, -0.05) is 6.07 Å². The molecule has 0 saturated heterocycles. The summed E-state index contributed by atoms with van der Waals surface area (Å²) in [6.07, 6.45) is -4.11. The zero-order valence-electron chi connectivity index (χ0n) is 10.7. The van der Waals surface area contributed by atoms with Gasteiger partial charge in [-0.05, 0) is 36.1 Å². The Morgan fingerprint density at radius 1 is 1.24 bits per heavy atom. The third-order valence-electron chi connectivity index (χ3n) is 2.72. The van der Waals surface area contributed by atoms with Crippen molar-refractivity contribution >= 4 is 17.2 Å². The molecule has 0 aliphatic rings. The highest BCUT2D eigenvalue weighted by Gasteiger charge is 2.31. The van der Waals surface area contributed by atoms with Gasteiger partial charge in [-0.2, -0.15) is 13.2 Å². The molecule has 2 rings (SSSR count). The number of alkyl halides is 3. The van der Waals surface area contributed by atoms with Gasteiger partial charge in [0, 0.05) is 17.0 Å². The minimum atomic E-state index is -4.69. The number of rotatable bonds is 4. The minimum Gasteiger partial charge on any atom is -0.352 e. The average molecular weight is 317 g/mol. The Morgan fingerprint density at radius 3 is 2.62 bits per heavy atom. The molecule has 112 valence electrons. The quantitative estimate of drug-likeness (QED) is 0.852. The molecule has 1 amide bonds. The lowest BCUT2D eigenvalue weighted by Gasteiger charge is -2.09. The second kappa shape index (κ2) is 6.26. The third kappa shape index (κ3) is 4.29. The van der Waals surface area contributed by atoms with Gasteiger partial charge < -0.3 is 5.32 Å². The number of halogens is 4. The van der Waals surface area contributed by atoms with Crippen LogP contribution in [0.3, 0.4) is 0 Å². The SMILES string of the molecule is O=C(NCCc1cccs1)c1cc(F)cc(C(F)(F)F)c1. The first-order chi connectivity index (χ1) is 9.86. The first-order valence-electron chi connectivity index (χ1n) is 6.04. The van der Waals surface area contributed by atoms with Crippen molar-refractivity contribution in [3.63, 3.8) is 0 Å². The van der Waals surface area contributed by atoms with Gasteiger partial charge in [0.05, 0.1) is 5.56 Å². The van der Waals surface area contributed by atoms with Crippen molar-refractivity contribution < 1.29 is 22.4 Å². The molecule has 0 fully saturated rings. The summed E-state index contributed by atoms with van der Waals surface area (Å²) in [5.41, 5.74) is -1.51. The van der Waals surface area contributed by atoms with E-state index in [9.17, 15) is 22.4 Å². The van der Waals surface area contributed by atoms with E-state index in [2.05, 4.69) is 5.32 Å². The zero-order chi connectivity index (χ0) is 15.5. The van der Waals surface area contributed by atoms with Gasteiger partial charge >= 0.3 is 6.18 Å². The number of thiophene rings is 1. The van der Waals surface area contributed by atoms with Gasteiger partial charge in [0.2, 0.25) is 0 Å². The molecule has 0 spiro atoms. The second-order valence-corrected chi connectivity index (χ2v) is 5.34. The van der Waals surface area contributed by atoms with Crippen LogP contribution in [0, 0.1) is 5.82 Å². The Morgan fingerprint density at radius 2 is 2.00 bits per heavy atom. The van der Waals surface area contributed by atoms with Crippen LogP contribution < -0.4 is 5.32 Å². The van der Waals surface area contributed by atoms with E-state index in [0.29, 0.717) is 18.6 Å². The number of hydrogen-bond acceptors (Lipinski definition) is 2. The molecule has 21 heavy (non-hydrogen) atoms. The van der Waals surface area contributed by atoms with Crippen molar-refractivity contribution in [3.05, 3.63) is 57.5 Å². The van der Waals surface area contributed by atoms with Crippen LogP contribution in [0.1, 0.15) is 20.8 Å². The number of carbonyl (C=O) groups is 1. The molecule has 0 radical (unpaired) electrons. The van der Waals surface area contributed by atoms with Crippen LogP contribution in [0.15, 0.2) is 35.7 Å². The first-order valence-corrected chi connectivity index (χ1v) is 6.92. The third-order valence-corrected chi connectivity index (χ3v) is 3.66. The maximum atomic E-state index is 13.2. The molecule has 2 nitrogen and oxygen atoms in total. The topological polar surface area (TPSA) is 29.1 Å². The Bertz CT molecular complexity index is 622. The smallest absolute Gasteiger partial charge is 0.352 e. The van der Waals surface area contributed by atoms with Crippen molar-refractivity contribution in [1.29, 1.82) is 0 Å². The predicted octanol–water partition coefficient (Wildman–Crippen LogP) is 3.88. The van der Waals surface area contributed by atoms with Crippen LogP contribution in [0.2, 0.25) is 0 Å². The largest absolute Gasteiger partial charge is 0.416 e. The summed E-state index contributed by atoms with van der Waals surface area (Å²) in [5, 5.41) is 4.37. The fourth-order valence-electron chi connectivity index (χ4n) is 1.74. The van der Waals surface area contributed by atoms with Gasteiger partial charge in [0.15, 0.2) is 0 Å². The normalized spacial score (nSPS) is 11.4. The number of carbonyl (C=O) groups excluding carboxylic acids is 1. The number of amides is 1. The molecule has 2 aromatic rings. The zero-order valence-corrected chi connectivity index (χ0v) is 11.5. The van der Waals surface area contributed by atoms with Crippen molar-refractivity contribution in [2.24, 2.45) is 0 Å². The van der Waals surface area contributed by atoms with Crippen molar-refractivity contribution in [3.8, 4) is 0 Å². The lowest BCUT2D eigenvalue weighted by molar-refractivity contribution is -0.137. The van der Waals surface area contributed by atoms with Crippen LogP contribution in [-0.4, -0.2) is 12.5 Å². The van der Waals surface area contributed by atoms with E-state index in [0.717, 1.165) is 10.9 Å². The Hall–Kier alpha value is -1.89. The summed E-state index contributed by atoms with van der Waals surface area (Å²) in [5.74, 6) is -1.82. The van der Waals surface area contributed by atoms with Gasteiger partial charge in [0.25, 0.3) is 5.91 Å². The standard InChI is InChI=1S/C14H11F4NOS/c15-11-7-9(6-10(8-11)14(16,17)18)13(20)19-4-3-12-2-1-5-21-12/h1-2,5-8H,3-4H2,(H,19,20). The first kappa shape index (κ1) is 15.5. The second-order valence-electron chi connectivity index (χ2n) is 4.31. The molecular formula is C14H11F4NOS. The highest BCUT2D eigenvalue weighted by molar-refractivity contribution is 7.09. The molecule has 0 unspecified atom stereocenters. The lowest BCUT2D eigenvalue weighted by atomic mass is 10.1. The van der Waals surface area contributed by atoms with E-state index < -0.39 is 23.5 Å². The number of nitrogens with one attached hydrogen (secondary N) is 1. The molecule has 7 heteroatoms.